The molecule has 0 spiro atoms. The van der Waals surface area contributed by atoms with Gasteiger partial charge in [-0.15, -0.1) is 0 Å². The molecule has 1 atom stereocenters. The van der Waals surface area contributed by atoms with E-state index in [2.05, 4.69) is 0 Å². The summed E-state index contributed by atoms with van der Waals surface area (Å²) >= 11 is 0. The predicted octanol–water partition coefficient (Wildman–Crippen LogP) is 2.57. The summed E-state index contributed by atoms with van der Waals surface area (Å²) in [6.45, 7) is 2.83. The standard InChI is InChI=1S/C16H15F3N2O3/c1-3-24-14(22)13(10(2)21-15(23)16(17,18)19)8-11-4-6-12(9-20)7-5-11/h4-8,10H,3H2,1-2H3,(H,21,23)/b13-8+/t10-/m1/s1. The van der Waals surface area contributed by atoms with Gasteiger partial charge in [-0.2, -0.15) is 18.4 Å². The van der Waals surface area contributed by atoms with Crippen molar-refractivity contribution in [2.24, 2.45) is 0 Å². The molecule has 8 heteroatoms. The lowest BCUT2D eigenvalue weighted by atomic mass is 10.0. The molecule has 1 amide bonds. The minimum atomic E-state index is -5.05. The average molecular weight is 340 g/mol. The van der Waals surface area contributed by atoms with E-state index in [-0.39, 0.29) is 12.2 Å². The Morgan fingerprint density at radius 3 is 2.38 bits per heavy atom. The molecular formula is C16H15F3N2O3. The van der Waals surface area contributed by atoms with Gasteiger partial charge >= 0.3 is 18.1 Å². The van der Waals surface area contributed by atoms with Crippen molar-refractivity contribution >= 4 is 18.0 Å². The highest BCUT2D eigenvalue weighted by Crippen LogP contribution is 2.17. The van der Waals surface area contributed by atoms with Crippen LogP contribution in [0.2, 0.25) is 0 Å². The first-order chi connectivity index (χ1) is 11.2. The van der Waals surface area contributed by atoms with E-state index >= 15 is 0 Å². The van der Waals surface area contributed by atoms with Crippen LogP contribution in [0.15, 0.2) is 29.8 Å². The summed E-state index contributed by atoms with van der Waals surface area (Å²) in [4.78, 5) is 23.0. The van der Waals surface area contributed by atoms with E-state index in [1.54, 1.807) is 12.2 Å². The van der Waals surface area contributed by atoms with Crippen molar-refractivity contribution in [1.29, 1.82) is 5.26 Å². The Hall–Kier alpha value is -2.82. The van der Waals surface area contributed by atoms with Gasteiger partial charge in [0.15, 0.2) is 0 Å². The summed E-state index contributed by atoms with van der Waals surface area (Å²) in [6, 6.07) is 6.74. The van der Waals surface area contributed by atoms with Crippen molar-refractivity contribution in [3.05, 3.63) is 41.0 Å². The SMILES string of the molecule is CCOC(=O)/C(=C/c1ccc(C#N)cc1)[C@@H](C)NC(=O)C(F)(F)F. The highest BCUT2D eigenvalue weighted by molar-refractivity contribution is 5.96. The first-order valence-electron chi connectivity index (χ1n) is 6.95. The second-order valence-electron chi connectivity index (χ2n) is 4.75. The maximum atomic E-state index is 12.4. The summed E-state index contributed by atoms with van der Waals surface area (Å²) in [5, 5.41) is 10.5. The number of ether oxygens (including phenoxy) is 1. The number of halogens is 3. The van der Waals surface area contributed by atoms with E-state index in [9.17, 15) is 22.8 Å². The summed E-state index contributed by atoms with van der Waals surface area (Å²) in [5.74, 6) is -2.98. The average Bonchev–Trinajstić information content (AvgIpc) is 2.52. The Bertz CT molecular complexity index is 673. The maximum absolute atomic E-state index is 12.4. The van der Waals surface area contributed by atoms with Gasteiger partial charge in [0.05, 0.1) is 29.9 Å². The Morgan fingerprint density at radius 1 is 1.33 bits per heavy atom. The van der Waals surface area contributed by atoms with Gasteiger partial charge in [-0.3, -0.25) is 4.79 Å². The zero-order valence-electron chi connectivity index (χ0n) is 13.0. The first kappa shape index (κ1) is 19.2. The van der Waals surface area contributed by atoms with Crippen LogP contribution in [0.1, 0.15) is 25.0 Å². The van der Waals surface area contributed by atoms with Crippen molar-refractivity contribution in [3.8, 4) is 6.07 Å². The van der Waals surface area contributed by atoms with E-state index in [1.807, 2.05) is 6.07 Å². The van der Waals surface area contributed by atoms with Crippen LogP contribution in [0, 0.1) is 11.3 Å². The highest BCUT2D eigenvalue weighted by Gasteiger charge is 2.40. The number of rotatable bonds is 5. The van der Waals surface area contributed by atoms with Gasteiger partial charge in [-0.1, -0.05) is 12.1 Å². The number of alkyl halides is 3. The van der Waals surface area contributed by atoms with Gasteiger partial charge < -0.3 is 10.1 Å². The fraction of sp³-hybridized carbons (Fsp3) is 0.312. The lowest BCUT2D eigenvalue weighted by Gasteiger charge is -2.18. The van der Waals surface area contributed by atoms with Crippen molar-refractivity contribution in [1.82, 2.24) is 5.32 Å². The van der Waals surface area contributed by atoms with E-state index in [0.717, 1.165) is 0 Å². The predicted molar refractivity (Wildman–Crippen MR) is 79.4 cm³/mol. The van der Waals surface area contributed by atoms with E-state index in [1.165, 1.54) is 37.3 Å². The largest absolute Gasteiger partial charge is 0.471 e. The zero-order chi connectivity index (χ0) is 18.3. The summed E-state index contributed by atoms with van der Waals surface area (Å²) in [6.07, 6.45) is -3.75. The third-order valence-corrected chi connectivity index (χ3v) is 2.94. The minimum Gasteiger partial charge on any atom is -0.463 e. The number of esters is 1. The Labute approximate surface area is 136 Å². The molecule has 1 rings (SSSR count). The number of carbonyl (C=O) groups excluding carboxylic acids is 2. The van der Waals surface area contributed by atoms with Crippen LogP contribution in [0.4, 0.5) is 13.2 Å². The summed E-state index contributed by atoms with van der Waals surface area (Å²) in [7, 11) is 0. The highest BCUT2D eigenvalue weighted by atomic mass is 19.4. The first-order valence-corrected chi connectivity index (χ1v) is 6.95. The number of hydrogen-bond donors (Lipinski definition) is 1. The van der Waals surface area contributed by atoms with Crippen LogP contribution in [0.25, 0.3) is 6.08 Å². The fourth-order valence-corrected chi connectivity index (χ4v) is 1.76. The van der Waals surface area contributed by atoms with Gasteiger partial charge in [-0.05, 0) is 37.6 Å². The van der Waals surface area contributed by atoms with Gasteiger partial charge in [0.2, 0.25) is 0 Å². The van der Waals surface area contributed by atoms with Gasteiger partial charge in [0.25, 0.3) is 0 Å². The van der Waals surface area contributed by atoms with E-state index in [0.29, 0.717) is 11.1 Å². The van der Waals surface area contributed by atoms with Crippen LogP contribution in [-0.2, 0) is 14.3 Å². The van der Waals surface area contributed by atoms with Gasteiger partial charge in [0.1, 0.15) is 0 Å². The number of carbonyl (C=O) groups is 2. The maximum Gasteiger partial charge on any atom is 0.471 e. The topological polar surface area (TPSA) is 79.2 Å². The number of hydrogen-bond acceptors (Lipinski definition) is 4. The van der Waals surface area contributed by atoms with Gasteiger partial charge in [0, 0.05) is 0 Å². The monoisotopic (exact) mass is 340 g/mol. The summed E-state index contributed by atoms with van der Waals surface area (Å²) in [5.41, 5.74) is 0.729. The molecule has 1 aromatic rings. The third-order valence-electron chi connectivity index (χ3n) is 2.94. The Kier molecular flexibility index (Phi) is 6.53. The second-order valence-corrected chi connectivity index (χ2v) is 4.75. The van der Waals surface area contributed by atoms with E-state index < -0.39 is 24.1 Å². The third kappa shape index (κ3) is 5.43. The van der Waals surface area contributed by atoms with Crippen LogP contribution in [-0.4, -0.2) is 30.7 Å². The normalized spacial score (nSPS) is 12.9. The molecule has 0 aliphatic heterocycles. The van der Waals surface area contributed by atoms with Crippen molar-refractivity contribution in [2.45, 2.75) is 26.1 Å². The molecule has 0 aliphatic rings. The molecule has 1 aromatic carbocycles. The smallest absolute Gasteiger partial charge is 0.463 e. The number of amides is 1. The number of benzene rings is 1. The van der Waals surface area contributed by atoms with Crippen molar-refractivity contribution in [3.63, 3.8) is 0 Å². The van der Waals surface area contributed by atoms with Crippen LogP contribution in [0.3, 0.4) is 0 Å². The lowest BCUT2D eigenvalue weighted by Crippen LogP contribution is -2.43. The molecule has 5 nitrogen and oxygen atoms in total. The molecule has 0 fully saturated rings. The molecule has 128 valence electrons. The van der Waals surface area contributed by atoms with Crippen molar-refractivity contribution < 1.29 is 27.5 Å². The molecule has 0 unspecified atom stereocenters. The van der Waals surface area contributed by atoms with Crippen LogP contribution < -0.4 is 5.32 Å². The lowest BCUT2D eigenvalue weighted by molar-refractivity contribution is -0.174. The van der Waals surface area contributed by atoms with Gasteiger partial charge in [-0.25, -0.2) is 4.79 Å². The molecule has 0 heterocycles. The second kappa shape index (κ2) is 8.15. The molecule has 1 N–H and O–H groups in total. The molecule has 0 saturated heterocycles. The Balaban J connectivity index is 3.11. The van der Waals surface area contributed by atoms with Crippen molar-refractivity contribution in [2.75, 3.05) is 6.61 Å². The number of nitriles is 1. The fourth-order valence-electron chi connectivity index (χ4n) is 1.76. The quantitative estimate of drug-likeness (QED) is 0.660. The zero-order valence-corrected chi connectivity index (χ0v) is 13.0. The molecule has 0 aromatic heterocycles. The molecule has 0 aliphatic carbocycles. The molecule has 24 heavy (non-hydrogen) atoms. The molecular weight excluding hydrogens is 325 g/mol. The molecule has 0 radical (unpaired) electrons. The van der Waals surface area contributed by atoms with Crippen LogP contribution >= 0.6 is 0 Å². The number of nitrogens with zero attached hydrogens (tertiary/aromatic N) is 1. The van der Waals surface area contributed by atoms with Crippen LogP contribution in [0.5, 0.6) is 0 Å². The Morgan fingerprint density at radius 2 is 1.92 bits per heavy atom. The summed E-state index contributed by atoms with van der Waals surface area (Å²) < 4.78 is 41.9. The van der Waals surface area contributed by atoms with E-state index in [4.69, 9.17) is 10.00 Å². The minimum absolute atomic E-state index is 0.0312. The number of nitrogens with one attached hydrogen (secondary N) is 1. The molecule has 0 saturated carbocycles. The molecule has 0 bridgehead atoms.